The second-order valence-corrected chi connectivity index (χ2v) is 5.84. The lowest BCUT2D eigenvalue weighted by Crippen LogP contribution is -2.14. The zero-order chi connectivity index (χ0) is 13.1. The zero-order valence-corrected chi connectivity index (χ0v) is 11.6. The molecule has 96 valence electrons. The molecular weight excluding hydrogens is 237 g/mol. The van der Waals surface area contributed by atoms with Gasteiger partial charge in [-0.05, 0) is 48.4 Å². The number of benzene rings is 1. The van der Waals surface area contributed by atoms with Crippen molar-refractivity contribution in [1.29, 1.82) is 0 Å². The van der Waals surface area contributed by atoms with Crippen LogP contribution < -0.4 is 5.73 Å². The van der Waals surface area contributed by atoms with Crippen LogP contribution in [0, 0.1) is 5.82 Å². The minimum absolute atomic E-state index is 0.222. The molecule has 0 aromatic heterocycles. The third-order valence-corrected chi connectivity index (χ3v) is 3.09. The average Bonchev–Trinajstić information content (AvgIpc) is 2.21. The van der Waals surface area contributed by atoms with E-state index in [1.165, 1.54) is 0 Å². The Kier molecular flexibility index (Phi) is 4.96. The van der Waals surface area contributed by atoms with E-state index in [1.807, 2.05) is 26.8 Å². The number of rotatable bonds is 4. The van der Waals surface area contributed by atoms with Gasteiger partial charge in [0.2, 0.25) is 0 Å². The molecule has 0 radical (unpaired) electrons. The summed E-state index contributed by atoms with van der Waals surface area (Å²) in [6, 6.07) is 3.65. The SMILES string of the molecule is CC(C)(C)c1cc(CCCCN)cc(Cl)c1F. The summed E-state index contributed by atoms with van der Waals surface area (Å²) in [5.74, 6) is -0.290. The van der Waals surface area contributed by atoms with E-state index in [4.69, 9.17) is 17.3 Å². The summed E-state index contributed by atoms with van der Waals surface area (Å²) in [5, 5.41) is 0.222. The van der Waals surface area contributed by atoms with Gasteiger partial charge in [0.25, 0.3) is 0 Å². The quantitative estimate of drug-likeness (QED) is 0.809. The predicted molar refractivity (Wildman–Crippen MR) is 72.1 cm³/mol. The summed E-state index contributed by atoms with van der Waals surface area (Å²) in [5.41, 5.74) is 7.02. The number of nitrogens with two attached hydrogens (primary N) is 1. The highest BCUT2D eigenvalue weighted by Crippen LogP contribution is 2.30. The summed E-state index contributed by atoms with van der Waals surface area (Å²) in [6.45, 7) is 6.67. The largest absolute Gasteiger partial charge is 0.330 e. The van der Waals surface area contributed by atoms with Crippen molar-refractivity contribution in [3.63, 3.8) is 0 Å². The lowest BCUT2D eigenvalue weighted by atomic mass is 9.85. The molecule has 2 N–H and O–H groups in total. The number of hydrogen-bond acceptors (Lipinski definition) is 1. The van der Waals surface area contributed by atoms with Crippen molar-refractivity contribution < 1.29 is 4.39 Å². The first-order valence-electron chi connectivity index (χ1n) is 6.04. The van der Waals surface area contributed by atoms with Crippen LogP contribution in [0.25, 0.3) is 0 Å². The molecule has 0 atom stereocenters. The van der Waals surface area contributed by atoms with E-state index in [2.05, 4.69) is 0 Å². The molecule has 0 aliphatic rings. The molecule has 1 rings (SSSR count). The molecule has 0 saturated carbocycles. The molecule has 1 nitrogen and oxygen atoms in total. The number of unbranched alkanes of at least 4 members (excludes halogenated alkanes) is 1. The van der Waals surface area contributed by atoms with Crippen LogP contribution in [-0.4, -0.2) is 6.54 Å². The van der Waals surface area contributed by atoms with Gasteiger partial charge in [-0.1, -0.05) is 38.4 Å². The fourth-order valence-electron chi connectivity index (χ4n) is 1.81. The smallest absolute Gasteiger partial charge is 0.145 e. The summed E-state index contributed by atoms with van der Waals surface area (Å²) in [7, 11) is 0. The van der Waals surface area contributed by atoms with Crippen molar-refractivity contribution in [1.82, 2.24) is 0 Å². The minimum Gasteiger partial charge on any atom is -0.330 e. The van der Waals surface area contributed by atoms with Crippen molar-refractivity contribution in [2.75, 3.05) is 6.54 Å². The van der Waals surface area contributed by atoms with Crippen LogP contribution in [0.1, 0.15) is 44.7 Å². The molecule has 0 unspecified atom stereocenters. The monoisotopic (exact) mass is 257 g/mol. The fourth-order valence-corrected chi connectivity index (χ4v) is 2.05. The van der Waals surface area contributed by atoms with Gasteiger partial charge >= 0.3 is 0 Å². The van der Waals surface area contributed by atoms with Gasteiger partial charge < -0.3 is 5.73 Å². The van der Waals surface area contributed by atoms with E-state index >= 15 is 0 Å². The van der Waals surface area contributed by atoms with Crippen LogP contribution in [0.15, 0.2) is 12.1 Å². The number of hydrogen-bond donors (Lipinski definition) is 1. The van der Waals surface area contributed by atoms with Gasteiger partial charge in [-0.25, -0.2) is 4.39 Å². The molecular formula is C14H21ClFN. The Hall–Kier alpha value is -0.600. The maximum Gasteiger partial charge on any atom is 0.145 e. The number of halogens is 2. The highest BCUT2D eigenvalue weighted by Gasteiger charge is 2.21. The normalized spacial score (nSPS) is 11.9. The summed E-state index contributed by atoms with van der Waals surface area (Å²) < 4.78 is 13.9. The van der Waals surface area contributed by atoms with Crippen LogP contribution in [-0.2, 0) is 11.8 Å². The van der Waals surface area contributed by atoms with Gasteiger partial charge in [-0.2, -0.15) is 0 Å². The maximum absolute atomic E-state index is 13.9. The third kappa shape index (κ3) is 3.97. The summed E-state index contributed by atoms with van der Waals surface area (Å²) >= 11 is 5.94. The van der Waals surface area contributed by atoms with E-state index in [0.717, 1.165) is 24.8 Å². The fraction of sp³-hybridized carbons (Fsp3) is 0.571. The highest BCUT2D eigenvalue weighted by molar-refractivity contribution is 6.30. The van der Waals surface area contributed by atoms with Gasteiger partial charge in [0.15, 0.2) is 0 Å². The molecule has 0 fully saturated rings. The van der Waals surface area contributed by atoms with E-state index in [-0.39, 0.29) is 16.3 Å². The molecule has 3 heteroatoms. The van der Waals surface area contributed by atoms with Crippen LogP contribution in [0.2, 0.25) is 5.02 Å². The van der Waals surface area contributed by atoms with E-state index in [1.54, 1.807) is 6.07 Å². The number of aryl methyl sites for hydroxylation is 1. The Balaban J connectivity index is 2.98. The first kappa shape index (κ1) is 14.5. The van der Waals surface area contributed by atoms with Gasteiger partial charge in [0, 0.05) is 0 Å². The lowest BCUT2D eigenvalue weighted by molar-refractivity contribution is 0.521. The molecule has 1 aromatic rings. The Morgan fingerprint density at radius 1 is 1.24 bits per heavy atom. The second kappa shape index (κ2) is 5.83. The second-order valence-electron chi connectivity index (χ2n) is 5.43. The molecule has 0 aliphatic heterocycles. The zero-order valence-electron chi connectivity index (χ0n) is 10.8. The third-order valence-electron chi connectivity index (χ3n) is 2.82. The maximum atomic E-state index is 13.9. The molecule has 0 heterocycles. The van der Waals surface area contributed by atoms with E-state index < -0.39 is 0 Å². The molecule has 0 saturated heterocycles. The minimum atomic E-state index is -0.290. The van der Waals surface area contributed by atoms with Gasteiger partial charge in [0.05, 0.1) is 5.02 Å². The topological polar surface area (TPSA) is 26.0 Å². The molecule has 0 amide bonds. The highest BCUT2D eigenvalue weighted by atomic mass is 35.5. The molecule has 0 aliphatic carbocycles. The van der Waals surface area contributed by atoms with Gasteiger partial charge in [-0.15, -0.1) is 0 Å². The Labute approximate surface area is 108 Å². The van der Waals surface area contributed by atoms with Gasteiger partial charge in [-0.3, -0.25) is 0 Å². The Morgan fingerprint density at radius 3 is 2.41 bits per heavy atom. The van der Waals surface area contributed by atoms with Gasteiger partial charge in [0.1, 0.15) is 5.82 Å². The molecule has 1 aromatic carbocycles. The van der Waals surface area contributed by atoms with Crippen molar-refractivity contribution in [2.45, 2.75) is 45.4 Å². The van der Waals surface area contributed by atoms with Crippen LogP contribution in [0.5, 0.6) is 0 Å². The predicted octanol–water partition coefficient (Wildman–Crippen LogP) is 4.06. The Morgan fingerprint density at radius 2 is 1.88 bits per heavy atom. The van der Waals surface area contributed by atoms with Crippen LogP contribution in [0.3, 0.4) is 0 Å². The van der Waals surface area contributed by atoms with Crippen molar-refractivity contribution >= 4 is 11.6 Å². The van der Waals surface area contributed by atoms with E-state index in [9.17, 15) is 4.39 Å². The standard InChI is InChI=1S/C14H21ClFN/c1-14(2,3)11-8-10(6-4-5-7-17)9-12(15)13(11)16/h8-9H,4-7,17H2,1-3H3. The van der Waals surface area contributed by atoms with Crippen LogP contribution >= 0.6 is 11.6 Å². The van der Waals surface area contributed by atoms with Crippen molar-refractivity contribution in [2.24, 2.45) is 5.73 Å². The van der Waals surface area contributed by atoms with Crippen LogP contribution in [0.4, 0.5) is 4.39 Å². The van der Waals surface area contributed by atoms with Crippen molar-refractivity contribution in [3.8, 4) is 0 Å². The first-order valence-corrected chi connectivity index (χ1v) is 6.42. The Bertz CT molecular complexity index is 383. The summed E-state index contributed by atoms with van der Waals surface area (Å²) in [6.07, 6.45) is 2.90. The average molecular weight is 258 g/mol. The summed E-state index contributed by atoms with van der Waals surface area (Å²) in [4.78, 5) is 0. The molecule has 0 bridgehead atoms. The molecule has 17 heavy (non-hydrogen) atoms. The van der Waals surface area contributed by atoms with E-state index in [0.29, 0.717) is 12.1 Å². The van der Waals surface area contributed by atoms with Crippen molar-refractivity contribution in [3.05, 3.63) is 34.1 Å². The lowest BCUT2D eigenvalue weighted by Gasteiger charge is -2.21. The first-order chi connectivity index (χ1) is 7.86. The molecule has 0 spiro atoms.